The van der Waals surface area contributed by atoms with Gasteiger partial charge in [0.2, 0.25) is 0 Å². The van der Waals surface area contributed by atoms with Gasteiger partial charge in [0.05, 0.1) is 5.69 Å². The van der Waals surface area contributed by atoms with Crippen molar-refractivity contribution in [2.24, 2.45) is 4.99 Å². The number of rotatable bonds is 3. The minimum absolute atomic E-state index is 0.109. The Balaban J connectivity index is 1.85. The number of benzene rings is 3. The van der Waals surface area contributed by atoms with Crippen molar-refractivity contribution < 1.29 is 4.79 Å². The van der Waals surface area contributed by atoms with E-state index in [-0.39, 0.29) is 5.91 Å². The molecule has 0 N–H and O–H groups in total. The number of aliphatic imine (C=N–C) groups is 1. The van der Waals surface area contributed by atoms with E-state index in [1.165, 1.54) is 0 Å². The Morgan fingerprint density at radius 3 is 2.04 bits per heavy atom. The van der Waals surface area contributed by atoms with Crippen molar-refractivity contribution >= 4 is 23.5 Å². The first-order valence-corrected chi connectivity index (χ1v) is 8.95. The zero-order valence-electron chi connectivity index (χ0n) is 15.4. The molecule has 0 unspecified atom stereocenters. The van der Waals surface area contributed by atoms with E-state index in [4.69, 9.17) is 4.99 Å². The molecular weight excluding hydrogens is 332 g/mol. The van der Waals surface area contributed by atoms with Crippen molar-refractivity contribution in [3.63, 3.8) is 0 Å². The first kappa shape index (κ1) is 17.0. The van der Waals surface area contributed by atoms with E-state index < -0.39 is 0 Å². The number of hydrogen-bond acceptors (Lipinski definition) is 2. The second kappa shape index (κ2) is 7.04. The van der Waals surface area contributed by atoms with Crippen molar-refractivity contribution in [1.29, 1.82) is 0 Å². The molecule has 0 fully saturated rings. The highest BCUT2D eigenvalue weighted by Gasteiger charge is 2.32. The van der Waals surface area contributed by atoms with Crippen LogP contribution < -0.4 is 4.90 Å². The highest BCUT2D eigenvalue weighted by Crippen LogP contribution is 2.29. The second-order valence-corrected chi connectivity index (χ2v) is 6.73. The second-order valence-electron chi connectivity index (χ2n) is 6.73. The summed E-state index contributed by atoms with van der Waals surface area (Å²) in [4.78, 5) is 19.7. The first-order chi connectivity index (χ1) is 13.1. The molecule has 3 heteroatoms. The summed E-state index contributed by atoms with van der Waals surface area (Å²) in [6, 6.07) is 25.8. The van der Waals surface area contributed by atoms with E-state index >= 15 is 0 Å². The molecule has 3 aromatic rings. The third kappa shape index (κ3) is 3.44. The van der Waals surface area contributed by atoms with Crippen LogP contribution in [0.25, 0.3) is 6.08 Å². The Hall–Kier alpha value is -3.46. The van der Waals surface area contributed by atoms with Crippen molar-refractivity contribution in [3.8, 4) is 0 Å². The zero-order chi connectivity index (χ0) is 18.8. The van der Waals surface area contributed by atoms with E-state index in [2.05, 4.69) is 6.07 Å². The van der Waals surface area contributed by atoms with E-state index in [9.17, 15) is 4.79 Å². The number of amides is 1. The molecule has 0 aliphatic carbocycles. The summed E-state index contributed by atoms with van der Waals surface area (Å²) < 4.78 is 0. The molecular formula is C24H20N2O. The summed E-state index contributed by atoms with van der Waals surface area (Å²) in [5, 5.41) is 0. The van der Waals surface area contributed by atoms with Gasteiger partial charge in [-0.1, -0.05) is 66.7 Å². The van der Waals surface area contributed by atoms with Gasteiger partial charge in [0.25, 0.3) is 5.91 Å². The minimum Gasteiger partial charge on any atom is -0.266 e. The van der Waals surface area contributed by atoms with Gasteiger partial charge < -0.3 is 0 Å². The van der Waals surface area contributed by atoms with Crippen LogP contribution in [0.1, 0.15) is 22.3 Å². The molecule has 132 valence electrons. The lowest BCUT2D eigenvalue weighted by atomic mass is 10.1. The Bertz CT molecular complexity index is 1030. The predicted molar refractivity (Wildman–Crippen MR) is 111 cm³/mol. The van der Waals surface area contributed by atoms with Crippen LogP contribution in [-0.4, -0.2) is 11.7 Å². The van der Waals surface area contributed by atoms with Gasteiger partial charge in [0, 0.05) is 5.56 Å². The summed E-state index contributed by atoms with van der Waals surface area (Å²) in [5.41, 5.74) is 5.40. The molecule has 0 saturated carbocycles. The van der Waals surface area contributed by atoms with Crippen LogP contribution in [0.15, 0.2) is 89.6 Å². The fourth-order valence-corrected chi connectivity index (χ4v) is 3.32. The van der Waals surface area contributed by atoms with Gasteiger partial charge >= 0.3 is 0 Å². The molecule has 1 heterocycles. The van der Waals surface area contributed by atoms with Crippen molar-refractivity contribution in [2.75, 3.05) is 4.90 Å². The van der Waals surface area contributed by atoms with Crippen LogP contribution in [0.5, 0.6) is 0 Å². The maximum absolute atomic E-state index is 13.3. The molecule has 0 aromatic heterocycles. The van der Waals surface area contributed by atoms with Crippen LogP contribution in [0.3, 0.4) is 0 Å². The van der Waals surface area contributed by atoms with Crippen LogP contribution in [0.4, 0.5) is 5.69 Å². The zero-order valence-corrected chi connectivity index (χ0v) is 15.4. The Morgan fingerprint density at radius 2 is 1.41 bits per heavy atom. The quantitative estimate of drug-likeness (QED) is 0.601. The SMILES string of the molecule is Cc1cc(C)cc(N2C(=O)/C(=C\c3ccccc3)N=C2c2ccccc2)c1. The normalized spacial score (nSPS) is 15.3. The summed E-state index contributed by atoms with van der Waals surface area (Å²) in [7, 11) is 0. The molecule has 0 radical (unpaired) electrons. The molecule has 3 aromatic carbocycles. The topological polar surface area (TPSA) is 32.7 Å². The number of carbonyl (C=O) groups excluding carboxylic acids is 1. The number of anilines is 1. The predicted octanol–water partition coefficient (Wildman–Crippen LogP) is 5.14. The number of nitrogens with zero attached hydrogens (tertiary/aromatic N) is 2. The van der Waals surface area contributed by atoms with E-state index in [0.29, 0.717) is 11.5 Å². The number of hydrogen-bond donors (Lipinski definition) is 0. The molecule has 27 heavy (non-hydrogen) atoms. The third-order valence-electron chi connectivity index (χ3n) is 4.46. The molecule has 1 amide bonds. The van der Waals surface area contributed by atoms with Crippen LogP contribution in [0.2, 0.25) is 0 Å². The minimum atomic E-state index is -0.109. The third-order valence-corrected chi connectivity index (χ3v) is 4.46. The molecule has 4 rings (SSSR count). The number of amidine groups is 1. The van der Waals surface area contributed by atoms with Gasteiger partial charge in [-0.05, 0) is 48.7 Å². The van der Waals surface area contributed by atoms with Crippen LogP contribution >= 0.6 is 0 Å². The van der Waals surface area contributed by atoms with Gasteiger partial charge in [0.1, 0.15) is 11.5 Å². The van der Waals surface area contributed by atoms with Crippen LogP contribution in [-0.2, 0) is 4.79 Å². The molecule has 1 aliphatic heterocycles. The summed E-state index contributed by atoms with van der Waals surface area (Å²) in [6.45, 7) is 4.08. The summed E-state index contributed by atoms with van der Waals surface area (Å²) >= 11 is 0. The van der Waals surface area contributed by atoms with Crippen molar-refractivity contribution in [2.45, 2.75) is 13.8 Å². The fraction of sp³-hybridized carbons (Fsp3) is 0.0833. The van der Waals surface area contributed by atoms with Gasteiger partial charge in [-0.15, -0.1) is 0 Å². The molecule has 3 nitrogen and oxygen atoms in total. The number of aryl methyl sites for hydroxylation is 2. The highest BCUT2D eigenvalue weighted by molar-refractivity contribution is 6.33. The van der Waals surface area contributed by atoms with Crippen LogP contribution in [0, 0.1) is 13.8 Å². The molecule has 0 saturated heterocycles. The average molecular weight is 352 g/mol. The lowest BCUT2D eigenvalue weighted by Crippen LogP contribution is -2.32. The Morgan fingerprint density at radius 1 is 0.815 bits per heavy atom. The average Bonchev–Trinajstić information content (AvgIpc) is 2.99. The maximum Gasteiger partial charge on any atom is 0.282 e. The van der Waals surface area contributed by atoms with Crippen molar-refractivity contribution in [1.82, 2.24) is 0 Å². The van der Waals surface area contributed by atoms with Gasteiger partial charge in [-0.2, -0.15) is 0 Å². The molecule has 0 atom stereocenters. The lowest BCUT2D eigenvalue weighted by molar-refractivity contribution is -0.113. The highest BCUT2D eigenvalue weighted by atomic mass is 16.2. The van der Waals surface area contributed by atoms with Gasteiger partial charge in [-0.3, -0.25) is 9.69 Å². The Kier molecular flexibility index (Phi) is 4.43. The maximum atomic E-state index is 13.3. The van der Waals surface area contributed by atoms with E-state index in [1.807, 2.05) is 92.7 Å². The summed E-state index contributed by atoms with van der Waals surface area (Å²) in [6.07, 6.45) is 1.84. The molecule has 0 spiro atoms. The Labute approximate surface area is 159 Å². The van der Waals surface area contributed by atoms with Crippen molar-refractivity contribution in [3.05, 3.63) is 107 Å². The van der Waals surface area contributed by atoms with Gasteiger partial charge in [-0.25, -0.2) is 4.99 Å². The smallest absolute Gasteiger partial charge is 0.266 e. The van der Waals surface area contributed by atoms with E-state index in [0.717, 1.165) is 27.9 Å². The molecule has 0 bridgehead atoms. The van der Waals surface area contributed by atoms with Gasteiger partial charge in [0.15, 0.2) is 0 Å². The first-order valence-electron chi connectivity index (χ1n) is 8.95. The summed E-state index contributed by atoms with van der Waals surface area (Å²) in [5.74, 6) is 0.551. The van der Waals surface area contributed by atoms with E-state index in [1.54, 1.807) is 4.90 Å². The fourth-order valence-electron chi connectivity index (χ4n) is 3.32. The monoisotopic (exact) mass is 352 g/mol. The number of carbonyl (C=O) groups is 1. The standard InChI is InChI=1S/C24H20N2O/c1-17-13-18(2)15-21(14-17)26-23(20-11-7-4-8-12-20)25-22(24(26)27)16-19-9-5-3-6-10-19/h3-16H,1-2H3/b22-16+. The lowest BCUT2D eigenvalue weighted by Gasteiger charge is -2.19. The molecule has 1 aliphatic rings. The largest absolute Gasteiger partial charge is 0.282 e.